The van der Waals surface area contributed by atoms with Crippen molar-refractivity contribution in [1.29, 1.82) is 0 Å². The molecule has 268 valence electrons. The average molecular weight is 716 g/mol. The third kappa shape index (κ3) is 9.12. The zero-order valence-electron chi connectivity index (χ0n) is 29.1. The van der Waals surface area contributed by atoms with Crippen molar-refractivity contribution in [3.63, 3.8) is 0 Å². The highest BCUT2D eigenvalue weighted by atomic mass is 35.5. The monoisotopic (exact) mass is 715 g/mol. The third-order valence-electron chi connectivity index (χ3n) is 8.70. The smallest absolute Gasteiger partial charge is 0.261 e. The van der Waals surface area contributed by atoms with Gasteiger partial charge in [0.05, 0.1) is 24.4 Å². The van der Waals surface area contributed by atoms with Crippen molar-refractivity contribution >= 4 is 64.3 Å². The Kier molecular flexibility index (Phi) is 12.1. The predicted octanol–water partition coefficient (Wildman–Crippen LogP) is 5.40. The van der Waals surface area contributed by atoms with Crippen LogP contribution in [0, 0.1) is 0 Å². The van der Waals surface area contributed by atoms with E-state index >= 15 is 0 Å². The summed E-state index contributed by atoms with van der Waals surface area (Å²) < 4.78 is 11.8. The fraction of sp³-hybridized carbons (Fsp3) is 0.368. The molecule has 13 heteroatoms. The van der Waals surface area contributed by atoms with Crippen LogP contribution in [-0.2, 0) is 38.1 Å². The maximum atomic E-state index is 13.7. The van der Waals surface area contributed by atoms with Crippen LogP contribution in [0.2, 0.25) is 0 Å². The van der Waals surface area contributed by atoms with Gasteiger partial charge < -0.3 is 30.2 Å². The number of nitrogens with zero attached hydrogens (tertiary/aromatic N) is 2. The first-order valence-corrected chi connectivity index (χ1v) is 17.4. The Morgan fingerprint density at radius 3 is 2.41 bits per heavy atom. The summed E-state index contributed by atoms with van der Waals surface area (Å²) in [5.74, 6) is -0.450. The lowest BCUT2D eigenvalue weighted by Gasteiger charge is -2.22. The molecule has 0 bridgehead atoms. The van der Waals surface area contributed by atoms with Crippen LogP contribution in [0.25, 0.3) is 0 Å². The number of methoxy groups -OCH3 is 1. The van der Waals surface area contributed by atoms with Crippen LogP contribution in [0.3, 0.4) is 0 Å². The number of rotatable bonds is 15. The Morgan fingerprint density at radius 1 is 0.941 bits per heavy atom. The molecule has 0 saturated carbocycles. The van der Waals surface area contributed by atoms with Gasteiger partial charge in [0.15, 0.2) is 11.5 Å². The molecule has 2 aliphatic rings. The summed E-state index contributed by atoms with van der Waals surface area (Å²) in [5, 5.41) is 8.07. The Morgan fingerprint density at radius 2 is 1.67 bits per heavy atom. The van der Waals surface area contributed by atoms with E-state index < -0.39 is 23.9 Å². The van der Waals surface area contributed by atoms with Gasteiger partial charge in [0.2, 0.25) is 17.7 Å². The SMILES string of the molecule is COc1cc2c(cc1OCc1cc(CCl)cc(NC(=O)C(C)NC(=O)C(C)NC(=O)CCCCC(C)=O)c1)N=C[C@@H]1Cc3ccccc3N1C2=O. The number of carbonyl (C=O) groups excluding carboxylic acids is 5. The lowest BCUT2D eigenvalue weighted by atomic mass is 10.1. The van der Waals surface area contributed by atoms with E-state index in [2.05, 4.69) is 20.9 Å². The van der Waals surface area contributed by atoms with Crippen molar-refractivity contribution in [1.82, 2.24) is 10.6 Å². The van der Waals surface area contributed by atoms with E-state index in [9.17, 15) is 24.0 Å². The van der Waals surface area contributed by atoms with Crippen molar-refractivity contribution in [3.05, 3.63) is 76.9 Å². The molecule has 2 heterocycles. The minimum absolute atomic E-state index is 0.0680. The Balaban J connectivity index is 1.21. The van der Waals surface area contributed by atoms with Crippen molar-refractivity contribution in [3.8, 4) is 11.5 Å². The number of benzene rings is 3. The van der Waals surface area contributed by atoms with E-state index in [0.717, 1.165) is 16.8 Å². The van der Waals surface area contributed by atoms with Gasteiger partial charge in [0.25, 0.3) is 5.91 Å². The fourth-order valence-corrected chi connectivity index (χ4v) is 6.19. The number of anilines is 2. The van der Waals surface area contributed by atoms with Crippen LogP contribution < -0.4 is 30.3 Å². The van der Waals surface area contributed by atoms with E-state index in [-0.39, 0.29) is 42.5 Å². The van der Waals surface area contributed by atoms with Crippen LogP contribution in [0.5, 0.6) is 11.5 Å². The molecule has 0 spiro atoms. The van der Waals surface area contributed by atoms with Crippen molar-refractivity contribution < 1.29 is 33.4 Å². The highest BCUT2D eigenvalue weighted by molar-refractivity contribution is 6.17. The minimum Gasteiger partial charge on any atom is -0.493 e. The summed E-state index contributed by atoms with van der Waals surface area (Å²) in [5.41, 5.74) is 4.73. The molecule has 3 atom stereocenters. The van der Waals surface area contributed by atoms with Gasteiger partial charge in [-0.25, -0.2) is 0 Å². The van der Waals surface area contributed by atoms with E-state index in [1.54, 1.807) is 42.3 Å². The zero-order chi connectivity index (χ0) is 36.7. The first-order chi connectivity index (χ1) is 24.5. The number of alkyl halides is 1. The number of hydrogen-bond donors (Lipinski definition) is 3. The van der Waals surface area contributed by atoms with Crippen LogP contribution in [0.15, 0.2) is 59.6 Å². The number of amides is 4. The van der Waals surface area contributed by atoms with Crippen LogP contribution in [0.1, 0.15) is 73.5 Å². The third-order valence-corrected chi connectivity index (χ3v) is 9.01. The zero-order valence-corrected chi connectivity index (χ0v) is 29.8. The van der Waals surface area contributed by atoms with E-state index in [1.807, 2.05) is 30.3 Å². The second-order valence-corrected chi connectivity index (χ2v) is 13.0. The molecular formula is C38H42ClN5O7. The Labute approximate surface area is 301 Å². The number of aliphatic imine (C=N–C) groups is 1. The molecule has 0 fully saturated rings. The summed E-state index contributed by atoms with van der Waals surface area (Å²) in [4.78, 5) is 69.2. The molecule has 5 rings (SSSR count). The molecule has 12 nitrogen and oxygen atoms in total. The molecule has 0 saturated heterocycles. The predicted molar refractivity (Wildman–Crippen MR) is 195 cm³/mol. The Hall–Kier alpha value is -5.23. The number of halogens is 1. The van der Waals surface area contributed by atoms with Crippen molar-refractivity contribution in [2.24, 2.45) is 4.99 Å². The molecule has 4 amide bonds. The molecule has 3 aromatic carbocycles. The highest BCUT2D eigenvalue weighted by Crippen LogP contribution is 2.41. The normalized spacial score (nSPS) is 15.4. The summed E-state index contributed by atoms with van der Waals surface area (Å²) in [6.07, 6.45) is 4.23. The van der Waals surface area contributed by atoms with Crippen LogP contribution in [0.4, 0.5) is 17.1 Å². The van der Waals surface area contributed by atoms with Gasteiger partial charge in [-0.3, -0.25) is 29.1 Å². The van der Waals surface area contributed by atoms with Gasteiger partial charge >= 0.3 is 0 Å². The molecule has 3 aromatic rings. The van der Waals surface area contributed by atoms with Crippen molar-refractivity contribution in [2.75, 3.05) is 17.3 Å². The Bertz CT molecular complexity index is 1860. The summed E-state index contributed by atoms with van der Waals surface area (Å²) in [6.45, 7) is 4.67. The van der Waals surface area contributed by atoms with Crippen molar-refractivity contribution in [2.45, 2.75) is 83.5 Å². The van der Waals surface area contributed by atoms with Gasteiger partial charge in [0.1, 0.15) is 24.5 Å². The topological polar surface area (TPSA) is 156 Å². The number of hydrogen-bond acceptors (Lipinski definition) is 8. The summed E-state index contributed by atoms with van der Waals surface area (Å²) in [7, 11) is 1.50. The average Bonchev–Trinajstić information content (AvgIpc) is 3.43. The van der Waals surface area contributed by atoms with Gasteiger partial charge in [0, 0.05) is 48.8 Å². The maximum Gasteiger partial charge on any atom is 0.261 e. The molecular weight excluding hydrogens is 674 g/mol. The summed E-state index contributed by atoms with van der Waals surface area (Å²) >= 11 is 6.18. The van der Waals surface area contributed by atoms with Gasteiger partial charge in [-0.05, 0) is 74.6 Å². The highest BCUT2D eigenvalue weighted by Gasteiger charge is 2.36. The first-order valence-electron chi connectivity index (χ1n) is 16.9. The molecule has 3 N–H and O–H groups in total. The van der Waals surface area contributed by atoms with Gasteiger partial charge in [-0.2, -0.15) is 0 Å². The number of para-hydroxylation sites is 1. The number of ether oxygens (including phenoxy) is 2. The largest absolute Gasteiger partial charge is 0.493 e. The molecule has 0 radical (unpaired) electrons. The number of fused-ring (bicyclic) bond motifs is 4. The second-order valence-electron chi connectivity index (χ2n) is 12.8. The minimum atomic E-state index is -0.914. The lowest BCUT2D eigenvalue weighted by Crippen LogP contribution is -2.50. The molecule has 2 unspecified atom stereocenters. The standard InChI is InChI=1S/C38H42ClN5O7/c1-22(45)9-5-8-12-35(46)41-23(2)36(47)42-24(3)37(48)43-28-14-25(19-39)13-26(15-28)21-51-34-18-31-30(17-33(34)50-4)38(49)44-29(20-40-31)16-27-10-6-7-11-32(27)44/h6-7,10-11,13-15,17-18,20,23-24,29H,5,8-9,12,16,19,21H2,1-4H3,(H,41,46)(H,42,47)(H,43,48)/t23?,24?,29-/m0/s1. The molecule has 2 aliphatic heterocycles. The lowest BCUT2D eigenvalue weighted by molar-refractivity contribution is -0.130. The van der Waals surface area contributed by atoms with Crippen LogP contribution >= 0.6 is 11.6 Å². The number of ketones is 1. The number of Topliss-reactive ketones (excluding diaryl/α,β-unsaturated/α-hetero) is 1. The van der Waals surface area contributed by atoms with Gasteiger partial charge in [-0.15, -0.1) is 11.6 Å². The molecule has 51 heavy (non-hydrogen) atoms. The van der Waals surface area contributed by atoms with Gasteiger partial charge in [-0.1, -0.05) is 24.3 Å². The van der Waals surface area contributed by atoms with E-state index in [0.29, 0.717) is 59.7 Å². The number of unbranched alkanes of at least 4 members (excludes halogenated alkanes) is 1. The number of nitrogens with one attached hydrogen (secondary N) is 3. The maximum absolute atomic E-state index is 13.7. The fourth-order valence-electron chi connectivity index (χ4n) is 6.04. The second kappa shape index (κ2) is 16.7. The number of carbonyl (C=O) groups is 5. The van der Waals surface area contributed by atoms with E-state index in [1.165, 1.54) is 21.0 Å². The molecule has 0 aromatic heterocycles. The summed E-state index contributed by atoms with van der Waals surface area (Å²) in [6, 6.07) is 14.5. The first kappa shape index (κ1) is 37.0. The quantitative estimate of drug-likeness (QED) is 0.141. The van der Waals surface area contributed by atoms with E-state index in [4.69, 9.17) is 21.1 Å². The molecule has 0 aliphatic carbocycles. The van der Waals surface area contributed by atoms with Crippen LogP contribution in [-0.4, -0.2) is 60.9 Å².